The van der Waals surface area contributed by atoms with Gasteiger partial charge in [-0.3, -0.25) is 0 Å². The molecule has 0 saturated carbocycles. The molecule has 1 atom stereocenters. The van der Waals surface area contributed by atoms with E-state index < -0.39 is 8.07 Å². The molecule has 0 radical (unpaired) electrons. The molecule has 0 bridgehead atoms. The van der Waals surface area contributed by atoms with Gasteiger partial charge in [-0.2, -0.15) is 0 Å². The van der Waals surface area contributed by atoms with Gasteiger partial charge in [0, 0.05) is 8.07 Å². The van der Waals surface area contributed by atoms with E-state index in [0.717, 1.165) is 5.54 Å². The van der Waals surface area contributed by atoms with Crippen LogP contribution in [0.4, 0.5) is 0 Å². The van der Waals surface area contributed by atoms with Gasteiger partial charge < -0.3 is 0 Å². The van der Waals surface area contributed by atoms with Crippen molar-refractivity contribution in [3.8, 4) is 0 Å². The predicted octanol–water partition coefficient (Wildman–Crippen LogP) is 3.83. The Bertz CT molecular complexity index is 141. The summed E-state index contributed by atoms with van der Waals surface area (Å²) in [6.07, 6.45) is 10.3. The van der Waals surface area contributed by atoms with E-state index in [-0.39, 0.29) is 0 Å². The highest BCUT2D eigenvalue weighted by atomic mass is 28.3. The molecule has 1 aliphatic rings. The van der Waals surface area contributed by atoms with Gasteiger partial charge in [-0.25, -0.2) is 0 Å². The zero-order valence-electron chi connectivity index (χ0n) is 8.06. The number of hydrogen-bond acceptors (Lipinski definition) is 0. The molecule has 11 heavy (non-hydrogen) atoms. The monoisotopic (exact) mass is 168 g/mol. The minimum atomic E-state index is -0.840. The van der Waals surface area contributed by atoms with Gasteiger partial charge in [0.1, 0.15) is 0 Å². The third kappa shape index (κ3) is 2.82. The minimum Gasteiger partial charge on any atom is -0.0885 e. The van der Waals surface area contributed by atoms with Crippen LogP contribution in [0.2, 0.25) is 25.2 Å². The van der Waals surface area contributed by atoms with Gasteiger partial charge in [-0.1, -0.05) is 38.2 Å². The molecule has 0 aromatic rings. The first-order chi connectivity index (χ1) is 5.11. The molecule has 0 spiro atoms. The van der Waals surface area contributed by atoms with E-state index in [2.05, 4.69) is 31.8 Å². The van der Waals surface area contributed by atoms with Gasteiger partial charge in [-0.15, -0.1) is 0 Å². The Balaban J connectivity index is 2.51. The summed E-state index contributed by atoms with van der Waals surface area (Å²) in [5.41, 5.74) is 1.04. The average Bonchev–Trinajstić information content (AvgIpc) is 2.10. The van der Waals surface area contributed by atoms with Crippen LogP contribution in [-0.4, -0.2) is 8.07 Å². The molecule has 1 unspecified atom stereocenters. The zero-order chi connectivity index (χ0) is 8.32. The minimum absolute atomic E-state index is 0.840. The Hall–Kier alpha value is -0.0431. The third-order valence-electron chi connectivity index (χ3n) is 2.74. The van der Waals surface area contributed by atoms with Crippen molar-refractivity contribution in [2.45, 2.75) is 50.9 Å². The highest BCUT2D eigenvalue weighted by Crippen LogP contribution is 2.32. The first-order valence-corrected chi connectivity index (χ1v) is 8.33. The fraction of sp³-hybridized carbons (Fsp3) is 0.800. The quantitative estimate of drug-likeness (QED) is 0.412. The van der Waals surface area contributed by atoms with Gasteiger partial charge in [0.15, 0.2) is 0 Å². The van der Waals surface area contributed by atoms with Crippen LogP contribution < -0.4 is 0 Å². The molecule has 64 valence electrons. The largest absolute Gasteiger partial charge is 0.0885 e. The second-order valence-electron chi connectivity index (χ2n) is 4.70. The van der Waals surface area contributed by atoms with Crippen LogP contribution in [0.1, 0.15) is 25.7 Å². The second kappa shape index (κ2) is 3.57. The lowest BCUT2D eigenvalue weighted by atomic mass is 10.2. The molecule has 0 N–H and O–H groups in total. The third-order valence-corrected chi connectivity index (χ3v) is 5.71. The molecule has 0 fully saturated rings. The summed E-state index contributed by atoms with van der Waals surface area (Å²) in [6.45, 7) is 7.49. The second-order valence-corrected chi connectivity index (χ2v) is 10.2. The van der Waals surface area contributed by atoms with Crippen LogP contribution in [0, 0.1) is 0 Å². The van der Waals surface area contributed by atoms with Gasteiger partial charge >= 0.3 is 0 Å². The predicted molar refractivity (Wildman–Crippen MR) is 54.7 cm³/mol. The summed E-state index contributed by atoms with van der Waals surface area (Å²) in [6, 6.07) is 0. The standard InChI is InChI=1S/C10H20Si/c1-11(2,3)10-8-6-4-5-7-9-10/h4,6,10H,5,7-9H2,1-3H3. The lowest BCUT2D eigenvalue weighted by Crippen LogP contribution is -2.27. The molecule has 0 amide bonds. The maximum Gasteiger partial charge on any atom is 0.0476 e. The van der Waals surface area contributed by atoms with E-state index in [1.807, 2.05) is 0 Å². The van der Waals surface area contributed by atoms with E-state index in [4.69, 9.17) is 0 Å². The summed E-state index contributed by atoms with van der Waals surface area (Å²) in [5, 5.41) is 0. The highest BCUT2D eigenvalue weighted by Gasteiger charge is 2.25. The Morgan fingerprint density at radius 3 is 2.55 bits per heavy atom. The Labute approximate surface area is 71.7 Å². The Morgan fingerprint density at radius 2 is 1.91 bits per heavy atom. The van der Waals surface area contributed by atoms with Gasteiger partial charge in [-0.05, 0) is 24.8 Å². The molecule has 1 aliphatic carbocycles. The van der Waals surface area contributed by atoms with Crippen molar-refractivity contribution < 1.29 is 0 Å². The van der Waals surface area contributed by atoms with Crippen LogP contribution in [0.5, 0.6) is 0 Å². The van der Waals surface area contributed by atoms with E-state index >= 15 is 0 Å². The van der Waals surface area contributed by atoms with Crippen molar-refractivity contribution in [3.05, 3.63) is 12.2 Å². The average molecular weight is 168 g/mol. The van der Waals surface area contributed by atoms with Crippen molar-refractivity contribution >= 4 is 8.07 Å². The summed E-state index contributed by atoms with van der Waals surface area (Å²) >= 11 is 0. The van der Waals surface area contributed by atoms with Gasteiger partial charge in [0.2, 0.25) is 0 Å². The van der Waals surface area contributed by atoms with Crippen molar-refractivity contribution in [1.29, 1.82) is 0 Å². The van der Waals surface area contributed by atoms with Crippen molar-refractivity contribution in [3.63, 3.8) is 0 Å². The summed E-state index contributed by atoms with van der Waals surface area (Å²) in [7, 11) is -0.840. The smallest absolute Gasteiger partial charge is 0.0476 e. The van der Waals surface area contributed by atoms with Crippen LogP contribution in [0.25, 0.3) is 0 Å². The maximum atomic E-state index is 2.50. The van der Waals surface area contributed by atoms with Gasteiger partial charge in [0.05, 0.1) is 0 Å². The molecule has 0 saturated heterocycles. The molecule has 0 nitrogen and oxygen atoms in total. The fourth-order valence-electron chi connectivity index (χ4n) is 1.76. The molecular formula is C10H20Si. The van der Waals surface area contributed by atoms with Crippen molar-refractivity contribution in [1.82, 2.24) is 0 Å². The fourth-order valence-corrected chi connectivity index (χ4v) is 3.68. The van der Waals surface area contributed by atoms with Crippen LogP contribution in [0.15, 0.2) is 12.2 Å². The molecule has 1 heteroatoms. The van der Waals surface area contributed by atoms with E-state index in [9.17, 15) is 0 Å². The lowest BCUT2D eigenvalue weighted by Gasteiger charge is -2.27. The highest BCUT2D eigenvalue weighted by molar-refractivity contribution is 6.77. The number of hydrogen-bond donors (Lipinski definition) is 0. The van der Waals surface area contributed by atoms with Crippen LogP contribution in [0.3, 0.4) is 0 Å². The summed E-state index contributed by atoms with van der Waals surface area (Å²) in [5.74, 6) is 0. The zero-order valence-corrected chi connectivity index (χ0v) is 9.06. The van der Waals surface area contributed by atoms with Crippen LogP contribution in [-0.2, 0) is 0 Å². The SMILES string of the molecule is C[Si](C)(C)C1CC=CCCC1. The first kappa shape index (κ1) is 9.05. The van der Waals surface area contributed by atoms with E-state index in [1.54, 1.807) is 0 Å². The summed E-state index contributed by atoms with van der Waals surface area (Å²) in [4.78, 5) is 0. The molecular weight excluding hydrogens is 148 g/mol. The van der Waals surface area contributed by atoms with E-state index in [0.29, 0.717) is 0 Å². The molecule has 0 aliphatic heterocycles. The lowest BCUT2D eigenvalue weighted by molar-refractivity contribution is 0.695. The maximum absolute atomic E-state index is 2.50. The molecule has 0 aromatic heterocycles. The van der Waals surface area contributed by atoms with Crippen molar-refractivity contribution in [2.24, 2.45) is 0 Å². The van der Waals surface area contributed by atoms with Crippen LogP contribution >= 0.6 is 0 Å². The Morgan fingerprint density at radius 1 is 1.18 bits per heavy atom. The normalized spacial score (nSPS) is 26.6. The molecule has 0 heterocycles. The number of allylic oxidation sites excluding steroid dienone is 2. The van der Waals surface area contributed by atoms with E-state index in [1.165, 1.54) is 25.7 Å². The Kier molecular flexibility index (Phi) is 2.94. The molecule has 0 aromatic carbocycles. The summed E-state index contributed by atoms with van der Waals surface area (Å²) < 4.78 is 0. The van der Waals surface area contributed by atoms with Crippen molar-refractivity contribution in [2.75, 3.05) is 0 Å². The topological polar surface area (TPSA) is 0 Å². The van der Waals surface area contributed by atoms with Gasteiger partial charge in [0.25, 0.3) is 0 Å². The first-order valence-electron chi connectivity index (χ1n) is 4.76. The number of rotatable bonds is 1. The molecule has 1 rings (SSSR count).